The Balaban J connectivity index is 2.01. The van der Waals surface area contributed by atoms with Crippen molar-refractivity contribution in [2.45, 2.75) is 0 Å². The van der Waals surface area contributed by atoms with Gasteiger partial charge in [0.05, 0.1) is 26.7 Å². The van der Waals surface area contributed by atoms with Gasteiger partial charge in [-0.1, -0.05) is 23.2 Å². The van der Waals surface area contributed by atoms with Crippen molar-refractivity contribution >= 4 is 56.5 Å². The Morgan fingerprint density at radius 1 is 1.18 bits per heavy atom. The van der Waals surface area contributed by atoms with Gasteiger partial charge in [-0.2, -0.15) is 9.64 Å². The molecular weight excluding hydrogens is 345 g/mol. The van der Waals surface area contributed by atoms with Crippen molar-refractivity contribution in [3.05, 3.63) is 40.0 Å². The zero-order valence-corrected chi connectivity index (χ0v) is 13.0. The number of aromatic hydroxyl groups is 1. The molecule has 0 aliphatic carbocycles. The Morgan fingerprint density at radius 2 is 1.91 bits per heavy atom. The molecule has 2 aromatic heterocycles. The number of azo groups is 1. The van der Waals surface area contributed by atoms with Crippen molar-refractivity contribution in [2.75, 3.05) is 0 Å². The summed E-state index contributed by atoms with van der Waals surface area (Å²) < 4.78 is 4.13. The molecule has 108 valence electrons. The fourth-order valence-corrected chi connectivity index (χ4v) is 2.79. The van der Waals surface area contributed by atoms with Crippen LogP contribution < -0.4 is 0 Å². The van der Waals surface area contributed by atoms with E-state index in [-0.39, 0.29) is 15.8 Å². The average molecular weight is 350 g/mol. The molecule has 0 radical (unpaired) electrons. The molecule has 0 saturated heterocycles. The maximum absolute atomic E-state index is 9.50. The molecule has 0 atom stereocenters. The summed E-state index contributed by atoms with van der Waals surface area (Å²) in [5.41, 5.74) is 1.30. The van der Waals surface area contributed by atoms with Crippen molar-refractivity contribution in [1.29, 1.82) is 5.26 Å². The van der Waals surface area contributed by atoms with Gasteiger partial charge < -0.3 is 5.11 Å². The van der Waals surface area contributed by atoms with Crippen LogP contribution in [-0.4, -0.2) is 14.5 Å². The maximum Gasteiger partial charge on any atom is 0.175 e. The van der Waals surface area contributed by atoms with E-state index in [4.69, 9.17) is 28.5 Å². The van der Waals surface area contributed by atoms with Crippen molar-refractivity contribution in [2.24, 2.45) is 10.2 Å². The number of pyridine rings is 1. The van der Waals surface area contributed by atoms with E-state index in [9.17, 15) is 5.11 Å². The predicted molar refractivity (Wildman–Crippen MR) is 84.4 cm³/mol. The van der Waals surface area contributed by atoms with Crippen LogP contribution in [0.1, 0.15) is 5.56 Å². The first-order valence-electron chi connectivity index (χ1n) is 5.84. The number of hydrogen-bond acceptors (Lipinski definition) is 7. The summed E-state index contributed by atoms with van der Waals surface area (Å²) in [6.07, 6.45) is 1.45. The second-order valence-electron chi connectivity index (χ2n) is 4.15. The minimum atomic E-state index is -0.201. The van der Waals surface area contributed by atoms with Gasteiger partial charge in [0, 0.05) is 6.20 Å². The third-order valence-corrected chi connectivity index (χ3v) is 4.02. The second-order valence-corrected chi connectivity index (χ2v) is 5.72. The number of phenols is 1. The molecule has 0 aliphatic heterocycles. The van der Waals surface area contributed by atoms with E-state index in [1.54, 1.807) is 6.07 Å². The summed E-state index contributed by atoms with van der Waals surface area (Å²) >= 11 is 12.8. The molecule has 0 bridgehead atoms. The van der Waals surface area contributed by atoms with Crippen molar-refractivity contribution in [3.8, 4) is 11.8 Å². The summed E-state index contributed by atoms with van der Waals surface area (Å²) in [4.78, 5) is 4.07. The van der Waals surface area contributed by atoms with Gasteiger partial charge in [-0.25, -0.2) is 4.98 Å². The zero-order chi connectivity index (χ0) is 15.7. The first kappa shape index (κ1) is 14.7. The van der Waals surface area contributed by atoms with Gasteiger partial charge >= 0.3 is 0 Å². The lowest BCUT2D eigenvalue weighted by Crippen LogP contribution is -1.78. The van der Waals surface area contributed by atoms with Gasteiger partial charge in [0.2, 0.25) is 0 Å². The molecule has 0 spiro atoms. The van der Waals surface area contributed by atoms with Gasteiger partial charge in [-0.15, -0.1) is 10.2 Å². The quantitative estimate of drug-likeness (QED) is 0.659. The number of rotatable bonds is 2. The van der Waals surface area contributed by atoms with Crippen molar-refractivity contribution < 1.29 is 5.11 Å². The standard InChI is InChI=1S/C13H5Cl2N5OS/c14-9-2-7(3-10(15)11(9)21)18-19-13-8-1-6(4-16)5-17-12(8)20-22-13/h1-3,5,21H. The zero-order valence-electron chi connectivity index (χ0n) is 10.7. The summed E-state index contributed by atoms with van der Waals surface area (Å²) in [6.45, 7) is 0. The Hall–Kier alpha value is -2.27. The molecule has 22 heavy (non-hydrogen) atoms. The first-order chi connectivity index (χ1) is 10.6. The average Bonchev–Trinajstić information content (AvgIpc) is 2.92. The monoisotopic (exact) mass is 349 g/mol. The molecule has 1 N–H and O–H groups in total. The van der Waals surface area contributed by atoms with Crippen LogP contribution in [0, 0.1) is 11.3 Å². The molecule has 3 rings (SSSR count). The van der Waals surface area contributed by atoms with Crippen LogP contribution in [0.15, 0.2) is 34.6 Å². The van der Waals surface area contributed by atoms with Gasteiger partial charge in [-0.05, 0) is 29.7 Å². The molecule has 9 heteroatoms. The van der Waals surface area contributed by atoms with E-state index in [2.05, 4.69) is 19.6 Å². The molecule has 2 heterocycles. The number of aromatic nitrogens is 2. The van der Waals surface area contributed by atoms with Crippen LogP contribution in [0.4, 0.5) is 10.7 Å². The van der Waals surface area contributed by atoms with E-state index in [0.717, 1.165) is 11.5 Å². The number of benzene rings is 1. The Bertz CT molecular complexity index is 924. The highest BCUT2D eigenvalue weighted by Gasteiger charge is 2.09. The lowest BCUT2D eigenvalue weighted by Gasteiger charge is -2.00. The second kappa shape index (κ2) is 5.85. The normalized spacial score (nSPS) is 11.1. The molecule has 1 aromatic carbocycles. The summed E-state index contributed by atoms with van der Waals surface area (Å²) in [5, 5.41) is 27.8. The van der Waals surface area contributed by atoms with E-state index < -0.39 is 0 Å². The molecule has 0 unspecified atom stereocenters. The topological polar surface area (TPSA) is 94.5 Å². The molecule has 6 nitrogen and oxygen atoms in total. The third kappa shape index (κ3) is 2.72. The minimum Gasteiger partial charge on any atom is -0.505 e. The smallest absolute Gasteiger partial charge is 0.175 e. The fraction of sp³-hybridized carbons (Fsp3) is 0. The van der Waals surface area contributed by atoms with E-state index >= 15 is 0 Å². The Labute approximate surface area is 138 Å². The highest BCUT2D eigenvalue weighted by Crippen LogP contribution is 2.37. The minimum absolute atomic E-state index is 0.0871. The molecule has 0 aliphatic rings. The largest absolute Gasteiger partial charge is 0.505 e. The number of fused-ring (bicyclic) bond motifs is 1. The van der Waals surface area contributed by atoms with Crippen LogP contribution in [0.3, 0.4) is 0 Å². The third-order valence-electron chi connectivity index (χ3n) is 2.70. The molecular formula is C13H5Cl2N5OS. The lowest BCUT2D eigenvalue weighted by molar-refractivity contribution is 0.476. The Kier molecular flexibility index (Phi) is 3.90. The van der Waals surface area contributed by atoms with Crippen LogP contribution in [0.5, 0.6) is 5.75 Å². The SMILES string of the molecule is N#Cc1cnc2nsc(N=Nc3cc(Cl)c(O)c(Cl)c3)c2c1. The van der Waals surface area contributed by atoms with Gasteiger partial charge in [0.1, 0.15) is 6.07 Å². The van der Waals surface area contributed by atoms with E-state index in [1.807, 2.05) is 6.07 Å². The molecule has 3 aromatic rings. The van der Waals surface area contributed by atoms with E-state index in [0.29, 0.717) is 27.3 Å². The Morgan fingerprint density at radius 3 is 2.59 bits per heavy atom. The van der Waals surface area contributed by atoms with Crippen molar-refractivity contribution in [1.82, 2.24) is 9.36 Å². The van der Waals surface area contributed by atoms with Crippen LogP contribution in [0.25, 0.3) is 11.0 Å². The summed E-state index contributed by atoms with van der Waals surface area (Å²) in [6, 6.07) is 6.54. The highest BCUT2D eigenvalue weighted by atomic mass is 35.5. The highest BCUT2D eigenvalue weighted by molar-refractivity contribution is 7.11. The molecule has 0 amide bonds. The molecule has 0 fully saturated rings. The van der Waals surface area contributed by atoms with Crippen LogP contribution in [-0.2, 0) is 0 Å². The van der Waals surface area contributed by atoms with Crippen molar-refractivity contribution in [3.63, 3.8) is 0 Å². The number of nitriles is 1. The number of phenolic OH excluding ortho intramolecular Hbond substituents is 1. The van der Waals surface area contributed by atoms with E-state index in [1.165, 1.54) is 18.3 Å². The fourth-order valence-electron chi connectivity index (χ4n) is 1.67. The number of hydrogen-bond donors (Lipinski definition) is 1. The van der Waals surface area contributed by atoms with Gasteiger partial charge in [0.15, 0.2) is 16.4 Å². The van der Waals surface area contributed by atoms with Crippen LogP contribution >= 0.6 is 34.7 Å². The van der Waals surface area contributed by atoms with Gasteiger partial charge in [-0.3, -0.25) is 0 Å². The molecule has 0 saturated carbocycles. The lowest BCUT2D eigenvalue weighted by atomic mass is 10.2. The number of nitrogens with zero attached hydrogens (tertiary/aromatic N) is 5. The van der Waals surface area contributed by atoms with Crippen LogP contribution in [0.2, 0.25) is 10.0 Å². The maximum atomic E-state index is 9.50. The van der Waals surface area contributed by atoms with Gasteiger partial charge in [0.25, 0.3) is 0 Å². The summed E-state index contributed by atoms with van der Waals surface area (Å²) in [7, 11) is 0. The summed E-state index contributed by atoms with van der Waals surface area (Å²) in [5.74, 6) is -0.201. The number of halogens is 2. The predicted octanol–water partition coefficient (Wildman–Crippen LogP) is 4.99. The first-order valence-corrected chi connectivity index (χ1v) is 7.36.